The average molecular weight is 395 g/mol. The van der Waals surface area contributed by atoms with E-state index in [4.69, 9.17) is 4.98 Å². The molecule has 0 radical (unpaired) electrons. The van der Waals surface area contributed by atoms with Crippen LogP contribution < -0.4 is 5.32 Å². The molecule has 3 nitrogen and oxygen atoms in total. The third kappa shape index (κ3) is 3.20. The quantitative estimate of drug-likeness (QED) is 0.677. The van der Waals surface area contributed by atoms with Gasteiger partial charge in [-0.05, 0) is 79.4 Å². The minimum absolute atomic E-state index is 0.0631. The fourth-order valence-corrected chi connectivity index (χ4v) is 7.12. The molecule has 1 heterocycles. The summed E-state index contributed by atoms with van der Waals surface area (Å²) in [6.07, 6.45) is 8.26. The number of amides is 1. The first kappa shape index (κ1) is 18.4. The van der Waals surface area contributed by atoms with Crippen LogP contribution in [0.1, 0.15) is 80.9 Å². The van der Waals surface area contributed by atoms with E-state index in [1.165, 1.54) is 49.8 Å². The van der Waals surface area contributed by atoms with Gasteiger partial charge in [0.25, 0.3) is 5.91 Å². The molecule has 4 saturated carbocycles. The van der Waals surface area contributed by atoms with Gasteiger partial charge in [0, 0.05) is 16.4 Å². The molecule has 0 spiro atoms. The van der Waals surface area contributed by atoms with E-state index < -0.39 is 0 Å². The maximum atomic E-state index is 12.7. The first-order valence-corrected chi connectivity index (χ1v) is 11.6. The van der Waals surface area contributed by atoms with Gasteiger partial charge < -0.3 is 0 Å². The molecule has 4 fully saturated rings. The molecule has 2 aromatic rings. The van der Waals surface area contributed by atoms with Crippen LogP contribution in [0.3, 0.4) is 0 Å². The predicted molar refractivity (Wildman–Crippen MR) is 115 cm³/mol. The van der Waals surface area contributed by atoms with Crippen LogP contribution in [0.4, 0.5) is 5.13 Å². The van der Waals surface area contributed by atoms with Gasteiger partial charge in [-0.3, -0.25) is 10.1 Å². The summed E-state index contributed by atoms with van der Waals surface area (Å²) in [6, 6.07) is 7.95. The van der Waals surface area contributed by atoms with Crippen LogP contribution in [-0.4, -0.2) is 10.9 Å². The number of nitrogens with zero attached hydrogens (tertiary/aromatic N) is 1. The first-order valence-electron chi connectivity index (χ1n) is 10.7. The molecule has 1 aromatic heterocycles. The molecule has 6 rings (SSSR count). The summed E-state index contributed by atoms with van der Waals surface area (Å²) in [6.45, 7) is 6.55. The lowest BCUT2D eigenvalue weighted by atomic mass is 9.49. The van der Waals surface area contributed by atoms with Gasteiger partial charge in [0.1, 0.15) is 0 Å². The van der Waals surface area contributed by atoms with Crippen molar-refractivity contribution in [3.05, 3.63) is 46.5 Å². The number of benzene rings is 1. The molecule has 0 aliphatic heterocycles. The number of nitrogens with one attached hydrogen (secondary N) is 1. The highest BCUT2D eigenvalue weighted by Gasteiger charge is 2.52. The molecule has 0 unspecified atom stereocenters. The summed E-state index contributed by atoms with van der Waals surface area (Å²) in [5.41, 5.74) is 3.57. The van der Waals surface area contributed by atoms with Crippen LogP contribution in [0.15, 0.2) is 29.6 Å². The van der Waals surface area contributed by atoms with E-state index in [-0.39, 0.29) is 11.3 Å². The lowest BCUT2D eigenvalue weighted by Gasteiger charge is -2.56. The third-order valence-electron chi connectivity index (χ3n) is 7.32. The molecule has 4 aliphatic carbocycles. The Hall–Kier alpha value is -1.68. The lowest BCUT2D eigenvalue weighted by molar-refractivity contribution is -0.00688. The highest BCUT2D eigenvalue weighted by Crippen LogP contribution is 2.60. The molecule has 0 saturated heterocycles. The van der Waals surface area contributed by atoms with Crippen LogP contribution in [0, 0.1) is 17.8 Å². The summed E-state index contributed by atoms with van der Waals surface area (Å²) in [5, 5.41) is 6.00. The number of rotatable bonds is 3. The van der Waals surface area contributed by atoms with Gasteiger partial charge in [0.05, 0.1) is 5.69 Å². The molecule has 0 atom stereocenters. The van der Waals surface area contributed by atoms with Crippen molar-refractivity contribution < 1.29 is 4.79 Å². The standard InChI is InChI=1S/C24H30N2OS/c1-23(2,3)19-6-4-18(5-7-19)21(27)26-22-25-20(14-28-22)24-11-15-8-16(12-24)10-17(9-15)13-24/h4-7,14-17H,8-13H2,1-3H3,(H,25,26,27). The van der Waals surface area contributed by atoms with Crippen molar-refractivity contribution in [2.45, 2.75) is 70.1 Å². The van der Waals surface area contributed by atoms with Crippen molar-refractivity contribution in [2.24, 2.45) is 17.8 Å². The topological polar surface area (TPSA) is 42.0 Å². The Morgan fingerprint density at radius 1 is 1.04 bits per heavy atom. The van der Waals surface area contributed by atoms with E-state index >= 15 is 0 Å². The third-order valence-corrected chi connectivity index (χ3v) is 8.08. The Morgan fingerprint density at radius 3 is 2.14 bits per heavy atom. The molecular formula is C24H30N2OS. The summed E-state index contributed by atoms with van der Waals surface area (Å²) in [5.74, 6) is 2.67. The number of aromatic nitrogens is 1. The fourth-order valence-electron chi connectivity index (χ4n) is 6.29. The zero-order valence-electron chi connectivity index (χ0n) is 17.1. The Kier molecular flexibility index (Phi) is 4.20. The van der Waals surface area contributed by atoms with E-state index in [0.717, 1.165) is 22.9 Å². The van der Waals surface area contributed by atoms with Crippen molar-refractivity contribution in [2.75, 3.05) is 5.32 Å². The summed E-state index contributed by atoms with van der Waals surface area (Å²) in [4.78, 5) is 17.6. The lowest BCUT2D eigenvalue weighted by Crippen LogP contribution is -2.48. The van der Waals surface area contributed by atoms with E-state index in [2.05, 4.69) is 43.6 Å². The highest BCUT2D eigenvalue weighted by molar-refractivity contribution is 7.14. The molecule has 1 aromatic carbocycles. The number of carbonyl (C=O) groups is 1. The molecule has 1 N–H and O–H groups in total. The second-order valence-corrected chi connectivity index (χ2v) is 11.4. The van der Waals surface area contributed by atoms with Crippen molar-refractivity contribution in [1.82, 2.24) is 4.98 Å². The van der Waals surface area contributed by atoms with Crippen LogP contribution in [-0.2, 0) is 10.8 Å². The fraction of sp³-hybridized carbons (Fsp3) is 0.583. The summed E-state index contributed by atoms with van der Waals surface area (Å²) in [7, 11) is 0. The van der Waals surface area contributed by atoms with Gasteiger partial charge in [0.2, 0.25) is 0 Å². The second kappa shape index (κ2) is 6.41. The van der Waals surface area contributed by atoms with Crippen LogP contribution in [0.2, 0.25) is 0 Å². The molecule has 4 aliphatic rings. The Labute approximate surface area is 172 Å². The maximum absolute atomic E-state index is 12.7. The molecule has 4 heteroatoms. The van der Waals surface area contributed by atoms with E-state index in [0.29, 0.717) is 11.0 Å². The summed E-state index contributed by atoms with van der Waals surface area (Å²) >= 11 is 1.59. The van der Waals surface area contributed by atoms with Gasteiger partial charge in [-0.1, -0.05) is 32.9 Å². The van der Waals surface area contributed by atoms with Crippen LogP contribution in [0.5, 0.6) is 0 Å². The number of hydrogen-bond acceptors (Lipinski definition) is 3. The first-order chi connectivity index (χ1) is 13.3. The number of thiazole rings is 1. The van der Waals surface area contributed by atoms with E-state index in [9.17, 15) is 4.79 Å². The molecule has 148 valence electrons. The minimum atomic E-state index is -0.0631. The van der Waals surface area contributed by atoms with Crippen LogP contribution in [0.25, 0.3) is 0 Å². The molecular weight excluding hydrogens is 364 g/mol. The average Bonchev–Trinajstić information content (AvgIpc) is 3.09. The van der Waals surface area contributed by atoms with E-state index in [1.807, 2.05) is 12.1 Å². The molecule has 1 amide bonds. The zero-order valence-corrected chi connectivity index (χ0v) is 17.9. The van der Waals surface area contributed by atoms with Gasteiger partial charge >= 0.3 is 0 Å². The number of carbonyl (C=O) groups excluding carboxylic acids is 1. The van der Waals surface area contributed by atoms with Crippen LogP contribution >= 0.6 is 11.3 Å². The Balaban J connectivity index is 1.31. The van der Waals surface area contributed by atoms with Crippen molar-refractivity contribution in [3.63, 3.8) is 0 Å². The minimum Gasteiger partial charge on any atom is -0.298 e. The van der Waals surface area contributed by atoms with Crippen molar-refractivity contribution in [1.29, 1.82) is 0 Å². The number of anilines is 1. The molecule has 28 heavy (non-hydrogen) atoms. The Morgan fingerprint density at radius 2 is 1.61 bits per heavy atom. The zero-order chi connectivity index (χ0) is 19.5. The smallest absolute Gasteiger partial charge is 0.257 e. The summed E-state index contributed by atoms with van der Waals surface area (Å²) < 4.78 is 0. The Bertz CT molecular complexity index is 855. The normalized spacial score (nSPS) is 31.2. The van der Waals surface area contributed by atoms with E-state index in [1.54, 1.807) is 11.3 Å². The SMILES string of the molecule is CC(C)(C)c1ccc(C(=O)Nc2nc(C34CC5CC(CC(C5)C3)C4)cs2)cc1. The molecule has 4 bridgehead atoms. The maximum Gasteiger partial charge on any atom is 0.257 e. The monoisotopic (exact) mass is 394 g/mol. The second-order valence-electron chi connectivity index (χ2n) is 10.5. The largest absolute Gasteiger partial charge is 0.298 e. The van der Waals surface area contributed by atoms with Gasteiger partial charge in [-0.15, -0.1) is 11.3 Å². The van der Waals surface area contributed by atoms with Gasteiger partial charge in [-0.2, -0.15) is 0 Å². The predicted octanol–water partition coefficient (Wildman–Crippen LogP) is 6.16. The van der Waals surface area contributed by atoms with Crippen molar-refractivity contribution in [3.8, 4) is 0 Å². The number of hydrogen-bond donors (Lipinski definition) is 1. The van der Waals surface area contributed by atoms with Gasteiger partial charge in [0.15, 0.2) is 5.13 Å². The van der Waals surface area contributed by atoms with Crippen molar-refractivity contribution >= 4 is 22.4 Å². The van der Waals surface area contributed by atoms with Gasteiger partial charge in [-0.25, -0.2) is 4.98 Å². The highest BCUT2D eigenvalue weighted by atomic mass is 32.1.